The molecule has 0 aliphatic carbocycles. The Hall–Kier alpha value is -3.95. The van der Waals surface area contributed by atoms with E-state index in [1.54, 1.807) is 0 Å². The molecule has 4 amide bonds. The number of carbonyl (C=O) groups is 6. The third-order valence-electron chi connectivity index (χ3n) is 3.77. The van der Waals surface area contributed by atoms with E-state index in [1.807, 2.05) is 0 Å². The minimum atomic E-state index is -1.52. The van der Waals surface area contributed by atoms with Crippen molar-refractivity contribution in [1.29, 1.82) is 0 Å². The first-order valence-electron chi connectivity index (χ1n) is 9.24. The molecule has 13 N–H and O–H groups in total. The van der Waals surface area contributed by atoms with Crippen LogP contribution in [0.1, 0.15) is 25.7 Å². The maximum absolute atomic E-state index is 12.4. The molecule has 180 valence electrons. The third-order valence-corrected chi connectivity index (χ3v) is 3.77. The third kappa shape index (κ3) is 12.6. The summed E-state index contributed by atoms with van der Waals surface area (Å²) in [7, 11) is 0. The van der Waals surface area contributed by atoms with Gasteiger partial charge in [0.05, 0.1) is 25.4 Å². The monoisotopic (exact) mass is 460 g/mol. The highest BCUT2D eigenvalue weighted by Gasteiger charge is 2.28. The smallest absolute Gasteiger partial charge is 0.326 e. The number of nitrogens with one attached hydrogen (secondary N) is 3. The minimum absolute atomic E-state index is 0.0490. The summed E-state index contributed by atoms with van der Waals surface area (Å²) in [6.07, 6.45) is -1.15. The molecule has 0 rings (SSSR count). The number of aliphatic imine (C=N–C) groups is 1. The van der Waals surface area contributed by atoms with Gasteiger partial charge in [0, 0.05) is 6.54 Å². The van der Waals surface area contributed by atoms with Gasteiger partial charge in [-0.1, -0.05) is 0 Å². The summed E-state index contributed by atoms with van der Waals surface area (Å²) in [4.78, 5) is 72.9. The second kappa shape index (κ2) is 14.1. The summed E-state index contributed by atoms with van der Waals surface area (Å²) in [5, 5.41) is 24.2. The second-order valence-corrected chi connectivity index (χ2v) is 6.56. The van der Waals surface area contributed by atoms with Crippen LogP contribution in [0, 0.1) is 0 Å². The van der Waals surface area contributed by atoms with E-state index in [-0.39, 0.29) is 25.3 Å². The van der Waals surface area contributed by atoms with Crippen molar-refractivity contribution in [1.82, 2.24) is 16.0 Å². The van der Waals surface area contributed by atoms with Gasteiger partial charge in [0.25, 0.3) is 0 Å². The summed E-state index contributed by atoms with van der Waals surface area (Å²) < 4.78 is 0. The van der Waals surface area contributed by atoms with Crippen molar-refractivity contribution in [3.05, 3.63) is 0 Å². The van der Waals surface area contributed by atoms with E-state index < -0.39 is 73.1 Å². The summed E-state index contributed by atoms with van der Waals surface area (Å²) in [6.45, 7) is -0.567. The molecule has 0 saturated carbocycles. The average molecular weight is 460 g/mol. The lowest BCUT2D eigenvalue weighted by molar-refractivity contribution is -0.142. The van der Waals surface area contributed by atoms with Crippen molar-refractivity contribution < 1.29 is 39.0 Å². The first kappa shape index (κ1) is 28.0. The van der Waals surface area contributed by atoms with E-state index in [0.29, 0.717) is 0 Å². The van der Waals surface area contributed by atoms with Crippen LogP contribution >= 0.6 is 0 Å². The molecule has 0 spiro atoms. The van der Waals surface area contributed by atoms with Crippen LogP contribution in [0.5, 0.6) is 0 Å². The highest BCUT2D eigenvalue weighted by molar-refractivity contribution is 5.95. The van der Waals surface area contributed by atoms with Crippen molar-refractivity contribution in [2.75, 3.05) is 13.1 Å². The van der Waals surface area contributed by atoms with Gasteiger partial charge in [0.2, 0.25) is 23.6 Å². The number of nitrogens with zero attached hydrogens (tertiary/aromatic N) is 1. The first-order valence-corrected chi connectivity index (χ1v) is 9.24. The van der Waals surface area contributed by atoms with Crippen LogP contribution in [0.25, 0.3) is 0 Å². The predicted octanol–water partition coefficient (Wildman–Crippen LogP) is -5.11. The second-order valence-electron chi connectivity index (χ2n) is 6.56. The number of primary amides is 1. The average Bonchev–Trinajstić information content (AvgIpc) is 2.66. The number of carboxylic acid groups (broad SMARTS) is 2. The SMILES string of the molecule is NC(=O)CC(NC(=O)CNC(=O)C(N)CC(=O)O)C(=O)NC(CCCN=C(N)N)C(=O)O. The van der Waals surface area contributed by atoms with E-state index in [1.165, 1.54) is 0 Å². The Morgan fingerprint density at radius 3 is 2.00 bits per heavy atom. The summed E-state index contributed by atoms with van der Waals surface area (Å²) in [6, 6.07) is -4.29. The maximum Gasteiger partial charge on any atom is 0.326 e. The molecular weight excluding hydrogens is 432 g/mol. The van der Waals surface area contributed by atoms with Crippen LogP contribution in [0.15, 0.2) is 4.99 Å². The Balaban J connectivity index is 4.94. The molecule has 3 atom stereocenters. The van der Waals surface area contributed by atoms with E-state index in [4.69, 9.17) is 28.0 Å². The lowest BCUT2D eigenvalue weighted by Gasteiger charge is -2.21. The number of guanidine groups is 1. The van der Waals surface area contributed by atoms with Crippen LogP contribution in [0.4, 0.5) is 0 Å². The minimum Gasteiger partial charge on any atom is -0.481 e. The Labute approximate surface area is 182 Å². The van der Waals surface area contributed by atoms with Gasteiger partial charge in [-0.3, -0.25) is 29.0 Å². The van der Waals surface area contributed by atoms with Crippen molar-refractivity contribution in [3.63, 3.8) is 0 Å². The fourth-order valence-corrected chi connectivity index (χ4v) is 2.27. The van der Waals surface area contributed by atoms with E-state index in [9.17, 15) is 33.9 Å². The summed E-state index contributed by atoms with van der Waals surface area (Å²) >= 11 is 0. The van der Waals surface area contributed by atoms with E-state index in [0.717, 1.165) is 0 Å². The Bertz CT molecular complexity index is 752. The number of rotatable bonds is 15. The number of carbonyl (C=O) groups excluding carboxylic acids is 4. The normalized spacial score (nSPS) is 13.0. The zero-order valence-corrected chi connectivity index (χ0v) is 17.1. The molecule has 32 heavy (non-hydrogen) atoms. The fraction of sp³-hybridized carbons (Fsp3) is 0.562. The number of carboxylic acids is 2. The zero-order chi connectivity index (χ0) is 24.8. The standard InChI is InChI=1S/C16H28N8O8/c17-7(4-12(27)28)13(29)22-6-11(26)23-9(5-10(18)25)14(30)24-8(15(31)32)2-1-3-21-16(19)20/h7-9H,1-6,17H2,(H2,18,25)(H,22,29)(H,23,26)(H,24,30)(H,27,28)(H,31,32)(H4,19,20,21). The molecule has 3 unspecified atom stereocenters. The van der Waals surface area contributed by atoms with Crippen molar-refractivity contribution in [2.24, 2.45) is 27.9 Å². The highest BCUT2D eigenvalue weighted by Crippen LogP contribution is 2.01. The number of nitrogens with two attached hydrogens (primary N) is 4. The molecule has 0 heterocycles. The molecular formula is C16H28N8O8. The predicted molar refractivity (Wildman–Crippen MR) is 108 cm³/mol. The quantitative estimate of drug-likeness (QED) is 0.0632. The van der Waals surface area contributed by atoms with Gasteiger partial charge in [-0.15, -0.1) is 0 Å². The molecule has 0 fully saturated rings. The number of amides is 4. The first-order chi connectivity index (χ1) is 14.8. The van der Waals surface area contributed by atoms with Gasteiger partial charge >= 0.3 is 11.9 Å². The Morgan fingerprint density at radius 2 is 1.50 bits per heavy atom. The van der Waals surface area contributed by atoms with Crippen molar-refractivity contribution in [3.8, 4) is 0 Å². The molecule has 0 radical (unpaired) electrons. The van der Waals surface area contributed by atoms with Crippen molar-refractivity contribution >= 4 is 41.5 Å². The van der Waals surface area contributed by atoms with Crippen LogP contribution in [-0.4, -0.2) is 83.0 Å². The molecule has 0 aliphatic rings. The van der Waals surface area contributed by atoms with Crippen LogP contribution in [0.3, 0.4) is 0 Å². The van der Waals surface area contributed by atoms with Gasteiger partial charge in [0.1, 0.15) is 12.1 Å². The molecule has 0 aromatic rings. The topological polar surface area (TPSA) is 295 Å². The molecule has 0 aliphatic heterocycles. The molecule has 0 aromatic heterocycles. The number of hydrogen-bond donors (Lipinski definition) is 9. The van der Waals surface area contributed by atoms with Crippen LogP contribution in [-0.2, 0) is 28.8 Å². The van der Waals surface area contributed by atoms with Crippen molar-refractivity contribution in [2.45, 2.75) is 43.8 Å². The molecule has 0 bridgehead atoms. The maximum atomic E-state index is 12.4. The summed E-state index contributed by atoms with van der Waals surface area (Å²) in [5.41, 5.74) is 20.7. The van der Waals surface area contributed by atoms with Gasteiger partial charge in [0.15, 0.2) is 5.96 Å². The highest BCUT2D eigenvalue weighted by atomic mass is 16.4. The Morgan fingerprint density at radius 1 is 0.875 bits per heavy atom. The summed E-state index contributed by atoms with van der Waals surface area (Å²) in [5.74, 6) is -6.68. The van der Waals surface area contributed by atoms with Crippen LogP contribution in [0.2, 0.25) is 0 Å². The Kier molecular flexibility index (Phi) is 12.4. The number of hydrogen-bond acceptors (Lipinski definition) is 8. The largest absolute Gasteiger partial charge is 0.481 e. The zero-order valence-electron chi connectivity index (χ0n) is 17.1. The van der Waals surface area contributed by atoms with Gasteiger partial charge in [-0.2, -0.15) is 0 Å². The molecule has 0 saturated heterocycles. The molecule has 0 aromatic carbocycles. The van der Waals surface area contributed by atoms with E-state index in [2.05, 4.69) is 20.9 Å². The molecule has 16 nitrogen and oxygen atoms in total. The number of aliphatic carboxylic acids is 2. The van der Waals surface area contributed by atoms with Gasteiger partial charge < -0.3 is 49.1 Å². The lowest BCUT2D eigenvalue weighted by Crippen LogP contribution is -2.54. The van der Waals surface area contributed by atoms with E-state index >= 15 is 0 Å². The van der Waals surface area contributed by atoms with Gasteiger partial charge in [-0.05, 0) is 12.8 Å². The van der Waals surface area contributed by atoms with Crippen LogP contribution < -0.4 is 38.9 Å². The fourth-order valence-electron chi connectivity index (χ4n) is 2.27. The lowest BCUT2D eigenvalue weighted by atomic mass is 10.1. The van der Waals surface area contributed by atoms with Gasteiger partial charge in [-0.25, -0.2) is 4.79 Å². The molecule has 16 heteroatoms.